The third kappa shape index (κ3) is 3.15. The zero-order valence-corrected chi connectivity index (χ0v) is 14.1. The van der Waals surface area contributed by atoms with E-state index in [1.807, 2.05) is 44.2 Å². The van der Waals surface area contributed by atoms with Crippen LogP contribution in [0.4, 0.5) is 0 Å². The first-order chi connectivity index (χ1) is 11.9. The highest BCUT2D eigenvalue weighted by Gasteiger charge is 2.19. The molecule has 0 saturated carbocycles. The molecule has 3 N–H and O–H groups in total. The molecule has 1 aromatic heterocycles. The van der Waals surface area contributed by atoms with Gasteiger partial charge in [-0.05, 0) is 11.5 Å². The highest BCUT2D eigenvalue weighted by Crippen LogP contribution is 2.39. The molecule has 0 aliphatic heterocycles. The quantitative estimate of drug-likeness (QED) is 0.635. The molecule has 0 aliphatic rings. The molecule has 0 spiro atoms. The normalized spacial score (nSPS) is 11.3. The summed E-state index contributed by atoms with van der Waals surface area (Å²) in [6, 6.07) is 10.8. The molecule has 0 saturated heterocycles. The van der Waals surface area contributed by atoms with Crippen LogP contribution in [-0.2, 0) is 13.0 Å². The van der Waals surface area contributed by atoms with Crippen molar-refractivity contribution in [3.63, 3.8) is 0 Å². The molecule has 0 fully saturated rings. The number of aromatic hydroxyl groups is 3. The molecule has 25 heavy (non-hydrogen) atoms. The zero-order valence-electron chi connectivity index (χ0n) is 14.1. The topological polar surface area (TPSA) is 95.6 Å². The Morgan fingerprint density at radius 3 is 2.40 bits per heavy atom. The van der Waals surface area contributed by atoms with Gasteiger partial charge in [0.1, 0.15) is 11.2 Å². The summed E-state index contributed by atoms with van der Waals surface area (Å²) in [6.45, 7) is 4.40. The second-order valence-electron chi connectivity index (χ2n) is 6.49. The van der Waals surface area contributed by atoms with Crippen LogP contribution in [0.5, 0.6) is 17.2 Å². The van der Waals surface area contributed by atoms with Crippen molar-refractivity contribution >= 4 is 10.9 Å². The van der Waals surface area contributed by atoms with Crippen LogP contribution in [0.25, 0.3) is 10.9 Å². The SMILES string of the molecule is CC(C)Cn1c(Cc2ccccc2)nc2cc(O)c(O)c(O)c2c1=O. The first-order valence-corrected chi connectivity index (χ1v) is 8.09. The average Bonchev–Trinajstić information content (AvgIpc) is 2.57. The fourth-order valence-electron chi connectivity index (χ4n) is 2.85. The lowest BCUT2D eigenvalue weighted by Crippen LogP contribution is -2.27. The molecule has 0 unspecified atom stereocenters. The first-order valence-electron chi connectivity index (χ1n) is 8.09. The van der Waals surface area contributed by atoms with E-state index in [1.54, 1.807) is 0 Å². The summed E-state index contributed by atoms with van der Waals surface area (Å²) in [6.07, 6.45) is 0.446. The maximum Gasteiger partial charge on any atom is 0.265 e. The van der Waals surface area contributed by atoms with Crippen molar-refractivity contribution in [1.82, 2.24) is 9.55 Å². The number of hydrogen-bond acceptors (Lipinski definition) is 5. The van der Waals surface area contributed by atoms with E-state index in [-0.39, 0.29) is 16.8 Å². The number of phenols is 3. The van der Waals surface area contributed by atoms with Gasteiger partial charge in [0.15, 0.2) is 11.5 Å². The van der Waals surface area contributed by atoms with E-state index in [0.29, 0.717) is 18.8 Å². The average molecular weight is 340 g/mol. The first kappa shape index (κ1) is 16.8. The zero-order chi connectivity index (χ0) is 18.1. The van der Waals surface area contributed by atoms with Crippen LogP contribution in [-0.4, -0.2) is 24.9 Å². The van der Waals surface area contributed by atoms with Crippen molar-refractivity contribution < 1.29 is 15.3 Å². The molecule has 0 bridgehead atoms. The molecule has 6 nitrogen and oxygen atoms in total. The summed E-state index contributed by atoms with van der Waals surface area (Å²) in [4.78, 5) is 17.4. The highest BCUT2D eigenvalue weighted by atomic mass is 16.3. The van der Waals surface area contributed by atoms with Gasteiger partial charge in [-0.2, -0.15) is 0 Å². The lowest BCUT2D eigenvalue weighted by atomic mass is 10.1. The van der Waals surface area contributed by atoms with E-state index in [1.165, 1.54) is 10.6 Å². The predicted molar refractivity (Wildman–Crippen MR) is 95.1 cm³/mol. The molecule has 3 rings (SSSR count). The van der Waals surface area contributed by atoms with Crippen LogP contribution in [0.2, 0.25) is 0 Å². The second kappa shape index (κ2) is 6.47. The Morgan fingerprint density at radius 1 is 1.08 bits per heavy atom. The van der Waals surface area contributed by atoms with Gasteiger partial charge >= 0.3 is 0 Å². The van der Waals surface area contributed by atoms with Gasteiger partial charge in [-0.15, -0.1) is 0 Å². The Bertz CT molecular complexity index is 978. The van der Waals surface area contributed by atoms with E-state index < -0.39 is 22.8 Å². The maximum absolute atomic E-state index is 12.9. The van der Waals surface area contributed by atoms with Crippen molar-refractivity contribution in [2.75, 3.05) is 0 Å². The molecule has 2 aromatic carbocycles. The molecular weight excluding hydrogens is 320 g/mol. The Morgan fingerprint density at radius 2 is 1.76 bits per heavy atom. The fraction of sp³-hybridized carbons (Fsp3) is 0.263. The van der Waals surface area contributed by atoms with Crippen LogP contribution in [0.15, 0.2) is 41.2 Å². The Balaban J connectivity index is 2.27. The van der Waals surface area contributed by atoms with Gasteiger partial charge in [-0.1, -0.05) is 44.2 Å². The standard InChI is InChI=1S/C19H20N2O4/c1-11(2)10-21-15(8-12-6-4-3-5-7-12)20-13-9-14(22)17(23)18(24)16(13)19(21)25/h3-7,9,11,22-24H,8,10H2,1-2H3. The van der Waals surface area contributed by atoms with Gasteiger partial charge < -0.3 is 15.3 Å². The van der Waals surface area contributed by atoms with Crippen molar-refractivity contribution in [2.45, 2.75) is 26.8 Å². The van der Waals surface area contributed by atoms with Crippen molar-refractivity contribution in [1.29, 1.82) is 0 Å². The van der Waals surface area contributed by atoms with Crippen LogP contribution in [0.1, 0.15) is 25.2 Å². The summed E-state index contributed by atoms with van der Waals surface area (Å²) in [5.41, 5.74) is 0.722. The third-order valence-corrected chi connectivity index (χ3v) is 4.01. The van der Waals surface area contributed by atoms with E-state index in [9.17, 15) is 20.1 Å². The van der Waals surface area contributed by atoms with Crippen LogP contribution in [0, 0.1) is 5.92 Å². The minimum absolute atomic E-state index is 0.0900. The molecule has 3 aromatic rings. The number of fused-ring (bicyclic) bond motifs is 1. The molecular formula is C19H20N2O4. The minimum Gasteiger partial charge on any atom is -0.504 e. The lowest BCUT2D eigenvalue weighted by molar-refractivity contribution is 0.370. The Kier molecular flexibility index (Phi) is 4.35. The van der Waals surface area contributed by atoms with Crippen LogP contribution in [0.3, 0.4) is 0 Å². The van der Waals surface area contributed by atoms with Crippen LogP contribution >= 0.6 is 0 Å². The molecule has 0 aliphatic carbocycles. The highest BCUT2D eigenvalue weighted by molar-refractivity contribution is 5.89. The van der Waals surface area contributed by atoms with E-state index >= 15 is 0 Å². The molecule has 0 radical (unpaired) electrons. The Hall–Kier alpha value is -3.02. The van der Waals surface area contributed by atoms with Gasteiger partial charge in [-0.3, -0.25) is 9.36 Å². The molecule has 0 atom stereocenters. The smallest absolute Gasteiger partial charge is 0.265 e. The number of phenolic OH excluding ortho intramolecular Hbond substituents is 3. The summed E-state index contributed by atoms with van der Waals surface area (Å²) >= 11 is 0. The van der Waals surface area contributed by atoms with Crippen molar-refractivity contribution in [3.8, 4) is 17.2 Å². The number of aromatic nitrogens is 2. The van der Waals surface area contributed by atoms with Gasteiger partial charge in [0.05, 0.1) is 5.52 Å². The number of rotatable bonds is 4. The van der Waals surface area contributed by atoms with Crippen LogP contribution < -0.4 is 5.56 Å². The van der Waals surface area contributed by atoms with Crippen molar-refractivity contribution in [3.05, 3.63) is 58.1 Å². The van der Waals surface area contributed by atoms with E-state index in [2.05, 4.69) is 4.98 Å². The van der Waals surface area contributed by atoms with E-state index in [0.717, 1.165) is 5.56 Å². The molecule has 1 heterocycles. The number of nitrogens with zero attached hydrogens (tertiary/aromatic N) is 2. The second-order valence-corrected chi connectivity index (χ2v) is 6.49. The largest absolute Gasteiger partial charge is 0.504 e. The monoisotopic (exact) mass is 340 g/mol. The molecule has 130 valence electrons. The van der Waals surface area contributed by atoms with E-state index in [4.69, 9.17) is 0 Å². The lowest BCUT2D eigenvalue weighted by Gasteiger charge is -2.16. The Labute approximate surface area is 144 Å². The number of hydrogen-bond donors (Lipinski definition) is 3. The summed E-state index contributed by atoms with van der Waals surface area (Å²) < 4.78 is 1.52. The summed E-state index contributed by atoms with van der Waals surface area (Å²) in [7, 11) is 0. The van der Waals surface area contributed by atoms with Gasteiger partial charge in [-0.25, -0.2) is 4.98 Å². The van der Waals surface area contributed by atoms with Crippen molar-refractivity contribution in [2.24, 2.45) is 5.92 Å². The fourth-order valence-corrected chi connectivity index (χ4v) is 2.85. The minimum atomic E-state index is -0.710. The summed E-state index contributed by atoms with van der Waals surface area (Å²) in [5, 5.41) is 29.5. The summed E-state index contributed by atoms with van der Waals surface area (Å²) in [5.74, 6) is -1.13. The molecule has 0 amide bonds. The maximum atomic E-state index is 12.9. The van der Waals surface area contributed by atoms with Gasteiger partial charge in [0.25, 0.3) is 5.56 Å². The molecule has 6 heteroatoms. The van der Waals surface area contributed by atoms with Gasteiger partial charge in [0.2, 0.25) is 5.75 Å². The predicted octanol–water partition coefficient (Wildman–Crippen LogP) is 2.76. The van der Waals surface area contributed by atoms with Gasteiger partial charge in [0, 0.05) is 19.0 Å². The third-order valence-electron chi connectivity index (χ3n) is 4.01. The number of benzene rings is 2.